The van der Waals surface area contributed by atoms with Crippen molar-refractivity contribution in [3.05, 3.63) is 202 Å². The number of carboxylic acid groups (broad SMARTS) is 1. The number of ether oxygens (including phenoxy) is 2. The van der Waals surface area contributed by atoms with Crippen LogP contribution in [0.4, 0.5) is 0 Å². The maximum Gasteiger partial charge on any atom is 0.335 e. The Morgan fingerprint density at radius 3 is 1.37 bits per heavy atom. The highest BCUT2D eigenvalue weighted by Crippen LogP contribution is 2.28. The molecule has 6 heterocycles. The van der Waals surface area contributed by atoms with E-state index in [1.807, 2.05) is 48.5 Å². The number of carbonyl (C=O) groups is 2. The highest BCUT2D eigenvalue weighted by Gasteiger charge is 2.24. The molecular weight excluding hydrogens is 1050 g/mol. The van der Waals surface area contributed by atoms with Gasteiger partial charge in [0.25, 0.3) is 5.91 Å². The van der Waals surface area contributed by atoms with Crippen molar-refractivity contribution in [3.63, 3.8) is 0 Å². The fourth-order valence-corrected chi connectivity index (χ4v) is 11.1. The number of nitrogens with one attached hydrogen (secondary N) is 1. The van der Waals surface area contributed by atoms with Crippen LogP contribution >= 0.6 is 0 Å². The number of sulfone groups is 2. The molecule has 0 spiro atoms. The largest absolute Gasteiger partial charge is 0.478 e. The lowest BCUT2D eigenvalue weighted by Gasteiger charge is -2.26. The summed E-state index contributed by atoms with van der Waals surface area (Å²) in [5.41, 5.74) is 12.0. The third-order valence-electron chi connectivity index (χ3n) is 12.9. The fraction of sp³-hybridized carbons (Fsp3) is 0.276. The maximum atomic E-state index is 13.1. The lowest BCUT2D eigenvalue weighted by atomic mass is 10.1. The molecule has 0 aliphatic carbocycles. The van der Waals surface area contributed by atoms with Crippen molar-refractivity contribution < 1.29 is 49.8 Å². The van der Waals surface area contributed by atoms with E-state index in [2.05, 4.69) is 35.1 Å². The van der Waals surface area contributed by atoms with E-state index in [0.29, 0.717) is 58.6 Å². The van der Waals surface area contributed by atoms with Crippen molar-refractivity contribution in [2.45, 2.75) is 61.3 Å². The fourth-order valence-electron chi connectivity index (χ4n) is 8.36. The summed E-state index contributed by atoms with van der Waals surface area (Å²) in [6.07, 6.45) is 6.88. The van der Waals surface area contributed by atoms with Crippen LogP contribution in [0.1, 0.15) is 65.9 Å². The average molecular weight is 1110 g/mol. The minimum atomic E-state index is -3.62. The number of nitrogens with zero attached hydrogens (tertiary/aromatic N) is 6. The second-order valence-corrected chi connectivity index (χ2v) is 22.7. The molecule has 2 saturated heterocycles. The molecule has 4 aromatic carbocycles. The smallest absolute Gasteiger partial charge is 0.335 e. The van der Waals surface area contributed by atoms with Gasteiger partial charge in [0.15, 0.2) is 19.7 Å². The molecule has 2 aliphatic rings. The molecule has 0 atom stereocenters. The standard InChI is InChI=1S/C29H30N4O5S.C23H24N2O6S.C6H8N2/c1-21-27(20-39(35,36)26-10-4-22(5-11-26)19-33-13-15-37-16-14-33)32-29(38-21)25-8-6-24(7-9-25)28(34)31-18-23-3-2-12-30-17-23;1-16-21(24-22(31-16)18-4-6-19(7-5-18)23(26)27)15-32(28,29)20-8-2-17(3-9-20)14-25-10-12-30-13-11-25;7-4-6-2-1-3-8-5-6/h2-12,17H,13-16,18-20H2,1H3,(H,31,34);2-9H,10-15H2,1H3,(H,26,27);1-3,5H,4,7H2. The summed E-state index contributed by atoms with van der Waals surface area (Å²) in [5.74, 6) is -0.366. The summed E-state index contributed by atoms with van der Waals surface area (Å²) < 4.78 is 74.3. The lowest BCUT2D eigenvalue weighted by Crippen LogP contribution is -2.35. The Balaban J connectivity index is 0.000000185. The summed E-state index contributed by atoms with van der Waals surface area (Å²) in [5, 5.41) is 11.9. The van der Waals surface area contributed by atoms with E-state index in [9.17, 15) is 26.4 Å². The molecule has 21 heteroatoms. The third-order valence-corrected chi connectivity index (χ3v) is 16.2. The summed E-state index contributed by atoms with van der Waals surface area (Å²) in [7, 11) is -7.22. The van der Waals surface area contributed by atoms with Gasteiger partial charge in [-0.1, -0.05) is 36.4 Å². The van der Waals surface area contributed by atoms with Crippen molar-refractivity contribution in [1.29, 1.82) is 0 Å². The first kappa shape index (κ1) is 57.4. The van der Waals surface area contributed by atoms with Gasteiger partial charge < -0.3 is 34.5 Å². The second kappa shape index (κ2) is 27.2. The van der Waals surface area contributed by atoms with Crippen LogP contribution in [-0.2, 0) is 66.8 Å². The quantitative estimate of drug-likeness (QED) is 0.0798. The molecule has 1 amide bonds. The summed E-state index contributed by atoms with van der Waals surface area (Å²) in [6.45, 7) is 12.2. The van der Waals surface area contributed by atoms with E-state index < -0.39 is 25.6 Å². The molecule has 79 heavy (non-hydrogen) atoms. The first-order valence-corrected chi connectivity index (χ1v) is 28.8. The Morgan fingerprint density at radius 1 is 0.570 bits per heavy atom. The van der Waals surface area contributed by atoms with Crippen molar-refractivity contribution >= 4 is 31.6 Å². The van der Waals surface area contributed by atoms with E-state index in [-0.39, 0.29) is 38.7 Å². The number of aryl methyl sites for hydroxylation is 2. The van der Waals surface area contributed by atoms with Gasteiger partial charge in [-0.25, -0.2) is 31.6 Å². The van der Waals surface area contributed by atoms with Gasteiger partial charge in [0, 0.05) is 93.8 Å². The molecular formula is C58H62N8O11S2. The number of carboxylic acids is 1. The zero-order valence-corrected chi connectivity index (χ0v) is 45.5. The Hall–Kier alpha value is -7.76. The van der Waals surface area contributed by atoms with Gasteiger partial charge in [-0.15, -0.1) is 0 Å². The van der Waals surface area contributed by atoms with E-state index in [1.165, 1.54) is 12.1 Å². The number of nitrogens with two attached hydrogens (primary N) is 1. The minimum Gasteiger partial charge on any atom is -0.478 e. The number of rotatable bonds is 17. The Morgan fingerprint density at radius 2 is 0.987 bits per heavy atom. The van der Waals surface area contributed by atoms with Crippen LogP contribution in [0.15, 0.2) is 165 Å². The number of aromatic carboxylic acids is 1. The van der Waals surface area contributed by atoms with Crippen molar-refractivity contribution in [1.82, 2.24) is 35.1 Å². The number of carbonyl (C=O) groups excluding carboxylic acids is 1. The normalized spacial score (nSPS) is 14.1. The predicted molar refractivity (Wildman–Crippen MR) is 295 cm³/mol. The molecule has 4 aromatic heterocycles. The second-order valence-electron chi connectivity index (χ2n) is 18.7. The highest BCUT2D eigenvalue weighted by atomic mass is 32.2. The van der Waals surface area contributed by atoms with Crippen LogP contribution in [0, 0.1) is 13.8 Å². The van der Waals surface area contributed by atoms with Crippen LogP contribution in [-0.4, -0.2) is 116 Å². The first-order chi connectivity index (χ1) is 38.1. The number of hydrogen-bond acceptors (Lipinski definition) is 17. The molecule has 0 saturated carbocycles. The highest BCUT2D eigenvalue weighted by molar-refractivity contribution is 7.91. The van der Waals surface area contributed by atoms with Crippen LogP contribution in [0.5, 0.6) is 0 Å². The van der Waals surface area contributed by atoms with Gasteiger partial charge in [-0.3, -0.25) is 24.6 Å². The monoisotopic (exact) mass is 1110 g/mol. The first-order valence-electron chi connectivity index (χ1n) is 25.5. The molecule has 412 valence electrons. The van der Waals surface area contributed by atoms with Crippen LogP contribution in [0.3, 0.4) is 0 Å². The molecule has 2 aliphatic heterocycles. The summed E-state index contributed by atoms with van der Waals surface area (Å²) >= 11 is 0. The zero-order valence-electron chi connectivity index (χ0n) is 43.9. The summed E-state index contributed by atoms with van der Waals surface area (Å²) in [6, 6.07) is 34.4. The van der Waals surface area contributed by atoms with Gasteiger partial charge in [0.05, 0.1) is 53.2 Å². The Bertz CT molecular complexity index is 3480. The van der Waals surface area contributed by atoms with Gasteiger partial charge in [-0.2, -0.15) is 0 Å². The van der Waals surface area contributed by atoms with E-state index in [4.69, 9.17) is 29.1 Å². The number of benzene rings is 4. The van der Waals surface area contributed by atoms with Gasteiger partial charge in [-0.05, 0) is 121 Å². The zero-order chi connectivity index (χ0) is 55.8. The number of aromatic nitrogens is 4. The molecule has 0 radical (unpaired) electrons. The average Bonchev–Trinajstić information content (AvgIpc) is 4.03. The Kier molecular flexibility index (Phi) is 19.8. The number of pyridine rings is 2. The van der Waals surface area contributed by atoms with Crippen LogP contribution < -0.4 is 11.1 Å². The third kappa shape index (κ3) is 16.4. The van der Waals surface area contributed by atoms with Crippen molar-refractivity contribution in [2.75, 3.05) is 52.6 Å². The van der Waals surface area contributed by atoms with E-state index >= 15 is 0 Å². The molecule has 19 nitrogen and oxygen atoms in total. The molecule has 0 bridgehead atoms. The SMILES string of the molecule is Cc1oc(-c2ccc(C(=O)NCc3cccnc3)cc2)nc1CS(=O)(=O)c1ccc(CN2CCOCC2)cc1.Cc1oc(-c2ccc(C(=O)O)cc2)nc1CS(=O)(=O)c1ccc(CN2CCOCC2)cc1.NCc1cccnc1. The lowest BCUT2D eigenvalue weighted by molar-refractivity contribution is 0.0341. The molecule has 4 N–H and O–H groups in total. The van der Waals surface area contributed by atoms with Gasteiger partial charge in [0.2, 0.25) is 11.8 Å². The molecule has 0 unspecified atom stereocenters. The number of morpholine rings is 2. The van der Waals surface area contributed by atoms with Crippen LogP contribution in [0.25, 0.3) is 22.9 Å². The van der Waals surface area contributed by atoms with E-state index in [1.54, 1.807) is 99.3 Å². The number of oxazole rings is 2. The predicted octanol–water partition coefficient (Wildman–Crippen LogP) is 7.48. The Labute approximate surface area is 459 Å². The topological polar surface area (TPSA) is 263 Å². The maximum absolute atomic E-state index is 13.1. The van der Waals surface area contributed by atoms with Crippen molar-refractivity contribution in [3.8, 4) is 22.9 Å². The van der Waals surface area contributed by atoms with Gasteiger partial charge >= 0.3 is 5.97 Å². The molecule has 8 aromatic rings. The number of hydrogen-bond donors (Lipinski definition) is 3. The number of amides is 1. The van der Waals surface area contributed by atoms with Crippen LogP contribution in [0.2, 0.25) is 0 Å². The minimum absolute atomic E-state index is 0.150. The van der Waals surface area contributed by atoms with Crippen molar-refractivity contribution in [2.24, 2.45) is 5.73 Å². The van der Waals surface area contributed by atoms with E-state index in [0.717, 1.165) is 87.9 Å². The molecule has 10 rings (SSSR count). The van der Waals surface area contributed by atoms with Gasteiger partial charge in [0.1, 0.15) is 23.0 Å². The molecule has 2 fully saturated rings. The summed E-state index contributed by atoms with van der Waals surface area (Å²) in [4.78, 5) is 45.3.